The average molecular weight is 239 g/mol. The number of ether oxygens (including phenoxy) is 3. The van der Waals surface area contributed by atoms with E-state index in [1.165, 1.54) is 7.11 Å². The van der Waals surface area contributed by atoms with Crippen molar-refractivity contribution in [2.75, 3.05) is 13.7 Å². The molecule has 0 amide bonds. The van der Waals surface area contributed by atoms with Gasteiger partial charge in [-0.15, -0.1) is 0 Å². The van der Waals surface area contributed by atoms with Gasteiger partial charge in [0, 0.05) is 10.8 Å². The Balaban J connectivity index is 2.75. The summed E-state index contributed by atoms with van der Waals surface area (Å²) in [7, 11) is 1.24. The molecule has 0 radical (unpaired) electrons. The topological polar surface area (TPSA) is 93.5 Å². The molecule has 1 aliphatic rings. The highest BCUT2D eigenvalue weighted by atomic mass is 16.7. The van der Waals surface area contributed by atoms with E-state index in [9.17, 15) is 4.79 Å². The molecule has 92 valence electrons. The number of nitrogens with zero attached hydrogens (tertiary/aromatic N) is 3. The third kappa shape index (κ3) is 3.96. The summed E-state index contributed by atoms with van der Waals surface area (Å²) in [4.78, 5) is 13.5. The van der Waals surface area contributed by atoms with Gasteiger partial charge < -0.3 is 14.2 Å². The molecule has 1 saturated heterocycles. The Labute approximate surface area is 98.7 Å². The summed E-state index contributed by atoms with van der Waals surface area (Å²) in [5.74, 6) is 3.39. The number of rotatable bonds is 2. The van der Waals surface area contributed by atoms with Crippen molar-refractivity contribution in [3.63, 3.8) is 0 Å². The van der Waals surface area contributed by atoms with Gasteiger partial charge in [-0.25, -0.2) is 4.79 Å². The van der Waals surface area contributed by atoms with Crippen LogP contribution in [0.4, 0.5) is 0 Å². The van der Waals surface area contributed by atoms with Crippen LogP contribution in [-0.4, -0.2) is 37.6 Å². The van der Waals surface area contributed by atoms with Crippen molar-refractivity contribution in [2.24, 2.45) is 5.11 Å². The monoisotopic (exact) mass is 239 g/mol. The molecule has 0 bridgehead atoms. The first kappa shape index (κ1) is 13.3. The minimum Gasteiger partial charge on any atom is -0.459 e. The Morgan fingerprint density at radius 1 is 1.59 bits per heavy atom. The van der Waals surface area contributed by atoms with Gasteiger partial charge in [0.2, 0.25) is 0 Å². The van der Waals surface area contributed by atoms with Crippen LogP contribution < -0.4 is 0 Å². The molecular formula is C10H13N3O4. The Hall–Kier alpha value is -1.74. The fourth-order valence-corrected chi connectivity index (χ4v) is 1.39. The Morgan fingerprint density at radius 2 is 2.29 bits per heavy atom. The second kappa shape index (κ2) is 5.55. The molecule has 0 unspecified atom stereocenters. The molecule has 0 aromatic carbocycles. The van der Waals surface area contributed by atoms with Crippen molar-refractivity contribution in [1.29, 1.82) is 0 Å². The molecule has 0 aromatic rings. The molecule has 7 nitrogen and oxygen atoms in total. The van der Waals surface area contributed by atoms with Gasteiger partial charge in [-0.1, -0.05) is 11.0 Å². The van der Waals surface area contributed by atoms with Crippen LogP contribution in [0.3, 0.4) is 0 Å². The van der Waals surface area contributed by atoms with E-state index >= 15 is 0 Å². The molecule has 1 heterocycles. The van der Waals surface area contributed by atoms with Crippen LogP contribution >= 0.6 is 0 Å². The first-order chi connectivity index (χ1) is 7.98. The molecule has 2 atom stereocenters. The second-order valence-corrected chi connectivity index (χ2v) is 3.77. The SMILES string of the molecule is COC(=O)C#C[C@@H]1OC(C)(C)O[C@H]1CN=[N+]=[N-]. The van der Waals surface area contributed by atoms with E-state index < -0.39 is 24.0 Å². The summed E-state index contributed by atoms with van der Waals surface area (Å²) >= 11 is 0. The van der Waals surface area contributed by atoms with Crippen LogP contribution in [0.5, 0.6) is 0 Å². The lowest BCUT2D eigenvalue weighted by Crippen LogP contribution is -2.24. The summed E-state index contributed by atoms with van der Waals surface area (Å²) in [6, 6.07) is 0. The standard InChI is InChI=1S/C10H13N3O4/c1-10(2)16-7(4-5-9(14)15-3)8(17-10)6-12-13-11/h7-8H,6H2,1-3H3/t7-,8-/m0/s1. The fourth-order valence-electron chi connectivity index (χ4n) is 1.39. The van der Waals surface area contributed by atoms with Gasteiger partial charge in [-0.2, -0.15) is 0 Å². The Kier molecular flexibility index (Phi) is 4.35. The smallest absolute Gasteiger partial charge is 0.384 e. The highest BCUT2D eigenvalue weighted by Gasteiger charge is 2.40. The molecule has 17 heavy (non-hydrogen) atoms. The normalized spacial score (nSPS) is 25.4. The van der Waals surface area contributed by atoms with E-state index in [0.717, 1.165) is 0 Å². The Morgan fingerprint density at radius 3 is 2.88 bits per heavy atom. The van der Waals surface area contributed by atoms with E-state index in [0.29, 0.717) is 0 Å². The molecule has 0 N–H and O–H groups in total. The van der Waals surface area contributed by atoms with Crippen LogP contribution in [0, 0.1) is 11.8 Å². The minimum absolute atomic E-state index is 0.0977. The van der Waals surface area contributed by atoms with Gasteiger partial charge in [0.1, 0.15) is 12.2 Å². The molecule has 7 heteroatoms. The number of esters is 1. The summed E-state index contributed by atoms with van der Waals surface area (Å²) < 4.78 is 15.3. The van der Waals surface area contributed by atoms with Crippen molar-refractivity contribution >= 4 is 5.97 Å². The molecule has 0 aliphatic carbocycles. The summed E-state index contributed by atoms with van der Waals surface area (Å²) in [6.45, 7) is 3.53. The molecule has 0 aromatic heterocycles. The van der Waals surface area contributed by atoms with Crippen molar-refractivity contribution in [3.8, 4) is 11.8 Å². The van der Waals surface area contributed by atoms with Gasteiger partial charge >= 0.3 is 5.97 Å². The number of carbonyl (C=O) groups excluding carboxylic acids is 1. The van der Waals surface area contributed by atoms with Crippen molar-refractivity contribution in [1.82, 2.24) is 0 Å². The number of hydrogen-bond acceptors (Lipinski definition) is 5. The third-order valence-corrected chi connectivity index (χ3v) is 2.01. The average Bonchev–Trinajstić information content (AvgIpc) is 2.58. The van der Waals surface area contributed by atoms with Crippen LogP contribution in [0.25, 0.3) is 10.4 Å². The molecular weight excluding hydrogens is 226 g/mol. The maximum atomic E-state index is 10.9. The highest BCUT2D eigenvalue weighted by molar-refractivity contribution is 5.88. The van der Waals surface area contributed by atoms with Crippen LogP contribution in [0.1, 0.15) is 13.8 Å². The largest absolute Gasteiger partial charge is 0.459 e. The number of carbonyl (C=O) groups is 1. The number of hydrogen-bond donors (Lipinski definition) is 0. The van der Waals surface area contributed by atoms with Gasteiger partial charge in [0.05, 0.1) is 13.7 Å². The van der Waals surface area contributed by atoms with E-state index in [1.807, 2.05) is 0 Å². The summed E-state index contributed by atoms with van der Waals surface area (Å²) in [6.07, 6.45) is -1.10. The van der Waals surface area contributed by atoms with E-state index in [-0.39, 0.29) is 6.54 Å². The minimum atomic E-state index is -0.814. The van der Waals surface area contributed by atoms with E-state index in [2.05, 4.69) is 26.6 Å². The summed E-state index contributed by atoms with van der Waals surface area (Å²) in [5, 5.41) is 3.41. The van der Waals surface area contributed by atoms with Crippen LogP contribution in [0.2, 0.25) is 0 Å². The summed E-state index contributed by atoms with van der Waals surface area (Å²) in [5.41, 5.74) is 8.25. The second-order valence-electron chi connectivity index (χ2n) is 3.77. The predicted molar refractivity (Wildman–Crippen MR) is 57.6 cm³/mol. The van der Waals surface area contributed by atoms with Crippen molar-refractivity contribution < 1.29 is 19.0 Å². The maximum absolute atomic E-state index is 10.9. The first-order valence-electron chi connectivity index (χ1n) is 4.94. The van der Waals surface area contributed by atoms with E-state index in [4.69, 9.17) is 15.0 Å². The lowest BCUT2D eigenvalue weighted by Gasteiger charge is -2.15. The van der Waals surface area contributed by atoms with Crippen LogP contribution in [0.15, 0.2) is 5.11 Å². The highest BCUT2D eigenvalue weighted by Crippen LogP contribution is 2.27. The maximum Gasteiger partial charge on any atom is 0.384 e. The van der Waals surface area contributed by atoms with Gasteiger partial charge in [0.15, 0.2) is 5.79 Å². The third-order valence-electron chi connectivity index (χ3n) is 2.01. The van der Waals surface area contributed by atoms with Crippen molar-refractivity contribution in [2.45, 2.75) is 31.8 Å². The Bertz CT molecular complexity index is 404. The lowest BCUT2D eigenvalue weighted by molar-refractivity contribution is -0.141. The zero-order valence-electron chi connectivity index (χ0n) is 9.84. The zero-order chi connectivity index (χ0) is 12.9. The zero-order valence-corrected chi connectivity index (χ0v) is 9.84. The molecule has 1 rings (SSSR count). The lowest BCUT2D eigenvalue weighted by atomic mass is 10.2. The first-order valence-corrected chi connectivity index (χ1v) is 4.94. The van der Waals surface area contributed by atoms with Gasteiger partial charge in [-0.3, -0.25) is 0 Å². The quantitative estimate of drug-likeness (QED) is 0.179. The van der Waals surface area contributed by atoms with Crippen LogP contribution in [-0.2, 0) is 19.0 Å². The number of azide groups is 1. The van der Waals surface area contributed by atoms with Gasteiger partial charge in [0.25, 0.3) is 0 Å². The molecule has 0 spiro atoms. The molecule has 1 fully saturated rings. The number of methoxy groups -OCH3 is 1. The van der Waals surface area contributed by atoms with E-state index in [1.54, 1.807) is 13.8 Å². The van der Waals surface area contributed by atoms with Crippen molar-refractivity contribution in [3.05, 3.63) is 10.4 Å². The fraction of sp³-hybridized carbons (Fsp3) is 0.700. The molecule has 0 saturated carbocycles. The van der Waals surface area contributed by atoms with Gasteiger partial charge in [-0.05, 0) is 19.4 Å². The molecule has 1 aliphatic heterocycles. The predicted octanol–water partition coefficient (Wildman–Crippen LogP) is 0.993.